The predicted molar refractivity (Wildman–Crippen MR) is 74.7 cm³/mol. The van der Waals surface area contributed by atoms with E-state index in [-0.39, 0.29) is 0 Å². The lowest BCUT2D eigenvalue weighted by Gasteiger charge is -2.29. The van der Waals surface area contributed by atoms with E-state index in [1.54, 1.807) is 7.05 Å². The lowest BCUT2D eigenvalue weighted by Crippen LogP contribution is -2.31. The summed E-state index contributed by atoms with van der Waals surface area (Å²) in [6.07, 6.45) is 1.04. The van der Waals surface area contributed by atoms with E-state index in [9.17, 15) is 0 Å². The van der Waals surface area contributed by atoms with E-state index in [4.69, 9.17) is 0 Å². The monoisotopic (exact) mass is 255 g/mol. The van der Waals surface area contributed by atoms with E-state index in [0.717, 1.165) is 19.5 Å². The molecule has 2 heterocycles. The van der Waals surface area contributed by atoms with Gasteiger partial charge in [-0.2, -0.15) is 4.80 Å². The van der Waals surface area contributed by atoms with Crippen molar-refractivity contribution in [3.05, 3.63) is 41.5 Å². The first-order valence-corrected chi connectivity index (χ1v) is 6.47. The van der Waals surface area contributed by atoms with Crippen LogP contribution < -0.4 is 4.90 Å². The van der Waals surface area contributed by atoms with Crippen molar-refractivity contribution in [3.8, 4) is 0 Å². The first-order valence-electron chi connectivity index (χ1n) is 6.47. The average Bonchev–Trinajstić information content (AvgIpc) is 2.87. The Bertz CT molecular complexity index is 599. The highest BCUT2D eigenvalue weighted by Crippen LogP contribution is 2.27. The van der Waals surface area contributed by atoms with Crippen molar-refractivity contribution in [1.82, 2.24) is 20.2 Å². The van der Waals surface area contributed by atoms with Crippen molar-refractivity contribution >= 4 is 11.5 Å². The number of anilines is 1. The molecular formula is C14H17N5. The van der Waals surface area contributed by atoms with Crippen LogP contribution in [-0.4, -0.2) is 33.3 Å². The molecule has 0 bridgehead atoms. The molecule has 0 radical (unpaired) electrons. The molecule has 0 N–H and O–H groups in total. The van der Waals surface area contributed by atoms with Gasteiger partial charge < -0.3 is 4.90 Å². The second-order valence-electron chi connectivity index (χ2n) is 4.88. The van der Waals surface area contributed by atoms with Crippen LogP contribution >= 0.6 is 0 Å². The molecule has 98 valence electrons. The zero-order valence-electron chi connectivity index (χ0n) is 11.2. The number of aromatic nitrogens is 4. The lowest BCUT2D eigenvalue weighted by molar-refractivity contribution is 0.628. The molecule has 3 rings (SSSR count). The molecule has 0 unspecified atom stereocenters. The largest absolute Gasteiger partial charge is 0.334 e. The molecule has 0 saturated heterocycles. The van der Waals surface area contributed by atoms with E-state index in [1.165, 1.54) is 21.5 Å². The molecule has 0 amide bonds. The van der Waals surface area contributed by atoms with Crippen LogP contribution in [0.3, 0.4) is 0 Å². The molecule has 0 fully saturated rings. The maximum atomic E-state index is 4.29. The van der Waals surface area contributed by atoms with Crippen LogP contribution in [0.25, 0.3) is 5.57 Å². The third kappa shape index (κ3) is 2.36. The van der Waals surface area contributed by atoms with Gasteiger partial charge >= 0.3 is 0 Å². The number of hydrogen-bond donors (Lipinski definition) is 0. The zero-order valence-corrected chi connectivity index (χ0v) is 11.2. The van der Waals surface area contributed by atoms with Crippen molar-refractivity contribution in [2.75, 3.05) is 18.0 Å². The Morgan fingerprint density at radius 2 is 1.95 bits per heavy atom. The quantitative estimate of drug-likeness (QED) is 0.822. The van der Waals surface area contributed by atoms with Gasteiger partial charge in [0.2, 0.25) is 0 Å². The van der Waals surface area contributed by atoms with Crippen LogP contribution in [0.1, 0.15) is 18.9 Å². The molecule has 0 saturated carbocycles. The van der Waals surface area contributed by atoms with Crippen molar-refractivity contribution in [2.24, 2.45) is 7.05 Å². The summed E-state index contributed by atoms with van der Waals surface area (Å²) in [5.74, 6) is 0.712. The Morgan fingerprint density at radius 3 is 2.63 bits per heavy atom. The van der Waals surface area contributed by atoms with E-state index in [1.807, 2.05) is 6.07 Å². The van der Waals surface area contributed by atoms with Gasteiger partial charge in [-0.1, -0.05) is 41.0 Å². The van der Waals surface area contributed by atoms with Crippen LogP contribution in [0.4, 0.5) is 5.95 Å². The third-order valence-electron chi connectivity index (χ3n) is 3.52. The maximum Gasteiger partial charge on any atom is 0.266 e. The molecule has 0 atom stereocenters. The third-order valence-corrected chi connectivity index (χ3v) is 3.52. The molecule has 1 aliphatic heterocycles. The number of tetrazole rings is 1. The minimum absolute atomic E-state index is 0.712. The summed E-state index contributed by atoms with van der Waals surface area (Å²) in [6, 6.07) is 10.5. The van der Waals surface area contributed by atoms with Crippen molar-refractivity contribution < 1.29 is 0 Å². The fraction of sp³-hybridized carbons (Fsp3) is 0.357. The Hall–Kier alpha value is -2.17. The number of aryl methyl sites for hydroxylation is 1. The van der Waals surface area contributed by atoms with Gasteiger partial charge in [0.05, 0.1) is 7.05 Å². The van der Waals surface area contributed by atoms with Gasteiger partial charge in [0.25, 0.3) is 5.95 Å². The Labute approximate surface area is 112 Å². The van der Waals surface area contributed by atoms with Gasteiger partial charge in [-0.05, 0) is 29.7 Å². The van der Waals surface area contributed by atoms with Crippen molar-refractivity contribution in [1.29, 1.82) is 0 Å². The molecule has 5 nitrogen and oxygen atoms in total. The van der Waals surface area contributed by atoms with Crippen molar-refractivity contribution in [2.45, 2.75) is 13.3 Å². The summed E-state index contributed by atoms with van der Waals surface area (Å²) in [6.45, 7) is 4.01. The maximum absolute atomic E-state index is 4.29. The van der Waals surface area contributed by atoms with E-state index < -0.39 is 0 Å². The normalized spacial score (nSPS) is 16.0. The highest BCUT2D eigenvalue weighted by atomic mass is 15.6. The number of nitrogens with zero attached hydrogens (tertiary/aromatic N) is 5. The summed E-state index contributed by atoms with van der Waals surface area (Å²) >= 11 is 0. The van der Waals surface area contributed by atoms with Gasteiger partial charge in [0.15, 0.2) is 0 Å². The summed E-state index contributed by atoms with van der Waals surface area (Å²) in [5, 5.41) is 12.3. The standard InChI is InChI=1S/C14H17N5/c1-11-8-9-19(14-15-17-18(2)16-14)10-13(11)12-6-4-3-5-7-12/h3-7H,8-10H2,1-2H3. The molecule has 0 spiro atoms. The molecule has 0 aliphatic carbocycles. The van der Waals surface area contributed by atoms with Crippen molar-refractivity contribution in [3.63, 3.8) is 0 Å². The van der Waals surface area contributed by atoms with Gasteiger partial charge in [-0.3, -0.25) is 0 Å². The Balaban J connectivity index is 1.89. The van der Waals surface area contributed by atoms with Gasteiger partial charge in [-0.15, -0.1) is 5.10 Å². The first kappa shape index (κ1) is 11.9. The van der Waals surface area contributed by atoms with E-state index in [0.29, 0.717) is 5.95 Å². The molecule has 5 heteroatoms. The molecular weight excluding hydrogens is 238 g/mol. The Kier molecular flexibility index (Phi) is 3.03. The number of rotatable bonds is 2. The van der Waals surface area contributed by atoms with E-state index >= 15 is 0 Å². The highest BCUT2D eigenvalue weighted by Gasteiger charge is 2.20. The summed E-state index contributed by atoms with van der Waals surface area (Å²) in [4.78, 5) is 3.69. The lowest BCUT2D eigenvalue weighted by atomic mass is 9.95. The minimum Gasteiger partial charge on any atom is -0.334 e. The van der Waals surface area contributed by atoms with Gasteiger partial charge in [0.1, 0.15) is 0 Å². The van der Waals surface area contributed by atoms with Gasteiger partial charge in [0, 0.05) is 13.1 Å². The van der Waals surface area contributed by atoms with Gasteiger partial charge in [-0.25, -0.2) is 0 Å². The van der Waals surface area contributed by atoms with E-state index in [2.05, 4.69) is 51.5 Å². The molecule has 19 heavy (non-hydrogen) atoms. The second-order valence-corrected chi connectivity index (χ2v) is 4.88. The fourth-order valence-electron chi connectivity index (χ4n) is 2.41. The number of benzene rings is 1. The predicted octanol–water partition coefficient (Wildman–Crippen LogP) is 1.89. The molecule has 1 aliphatic rings. The average molecular weight is 255 g/mol. The Morgan fingerprint density at radius 1 is 1.16 bits per heavy atom. The first-order chi connectivity index (χ1) is 9.24. The summed E-state index contributed by atoms with van der Waals surface area (Å²) < 4.78 is 0. The topological polar surface area (TPSA) is 46.8 Å². The SMILES string of the molecule is CC1=C(c2ccccc2)CN(c2nnn(C)n2)CC1. The second kappa shape index (κ2) is 4.84. The molecule has 2 aromatic rings. The van der Waals surface area contributed by atoms with Crippen LogP contribution in [-0.2, 0) is 7.05 Å². The van der Waals surface area contributed by atoms with Crippen LogP contribution in [0.2, 0.25) is 0 Å². The van der Waals surface area contributed by atoms with Crippen LogP contribution in [0, 0.1) is 0 Å². The highest BCUT2D eigenvalue weighted by molar-refractivity contribution is 5.73. The summed E-state index contributed by atoms with van der Waals surface area (Å²) in [5.41, 5.74) is 4.11. The molecule has 1 aromatic carbocycles. The van der Waals surface area contributed by atoms with Crippen LogP contribution in [0.5, 0.6) is 0 Å². The van der Waals surface area contributed by atoms with Crippen LogP contribution in [0.15, 0.2) is 35.9 Å². The number of hydrogen-bond acceptors (Lipinski definition) is 4. The summed E-state index contributed by atoms with van der Waals surface area (Å²) in [7, 11) is 1.79. The molecule has 1 aromatic heterocycles. The zero-order chi connectivity index (χ0) is 13.2. The fourth-order valence-corrected chi connectivity index (χ4v) is 2.41. The minimum atomic E-state index is 0.712. The smallest absolute Gasteiger partial charge is 0.266 e.